The third kappa shape index (κ3) is 4.38. The smallest absolute Gasteiger partial charge is 0.0434 e. The number of hydrogen-bond donors (Lipinski definition) is 2. The largest absolute Gasteiger partial charge is 0.396 e. The molecule has 19 heavy (non-hydrogen) atoms. The van der Waals surface area contributed by atoms with Crippen LogP contribution in [-0.2, 0) is 0 Å². The van der Waals surface area contributed by atoms with Crippen LogP contribution in [0.4, 0.5) is 0 Å². The van der Waals surface area contributed by atoms with Gasteiger partial charge in [-0.25, -0.2) is 0 Å². The van der Waals surface area contributed by atoms with Gasteiger partial charge in [0.25, 0.3) is 0 Å². The predicted octanol–water partition coefficient (Wildman–Crippen LogP) is 3.88. The molecule has 1 aliphatic rings. The fourth-order valence-electron chi connectivity index (χ4n) is 2.43. The number of fused-ring (bicyclic) bond motifs is 1. The molecule has 2 rings (SSSR count). The first-order chi connectivity index (χ1) is 9.20. The van der Waals surface area contributed by atoms with Gasteiger partial charge in [-0.2, -0.15) is 0 Å². The quantitative estimate of drug-likeness (QED) is 0.865. The molecule has 1 aromatic rings. The van der Waals surface area contributed by atoms with E-state index in [4.69, 9.17) is 16.7 Å². The summed E-state index contributed by atoms with van der Waals surface area (Å²) in [6, 6.07) is 6.61. The van der Waals surface area contributed by atoms with Crippen LogP contribution in [0.2, 0.25) is 5.02 Å². The number of benzene rings is 1. The van der Waals surface area contributed by atoms with Gasteiger partial charge in [0.15, 0.2) is 0 Å². The van der Waals surface area contributed by atoms with Crippen LogP contribution in [0.3, 0.4) is 0 Å². The number of halogens is 1. The third-order valence-electron chi connectivity index (χ3n) is 3.58. The monoisotopic (exact) mass is 299 g/mol. The van der Waals surface area contributed by atoms with Gasteiger partial charge in [-0.3, -0.25) is 0 Å². The highest BCUT2D eigenvalue weighted by Gasteiger charge is 2.19. The second-order valence-electron chi connectivity index (χ2n) is 5.25. The minimum atomic E-state index is 0.270. The molecular formula is C15H22ClNOS. The number of rotatable bonds is 5. The number of hydrogen-bond acceptors (Lipinski definition) is 3. The fraction of sp³-hybridized carbons (Fsp3) is 0.600. The molecule has 1 heterocycles. The van der Waals surface area contributed by atoms with Gasteiger partial charge in [-0.15, -0.1) is 11.8 Å². The number of nitrogens with one attached hydrogen (secondary N) is 1. The highest BCUT2D eigenvalue weighted by molar-refractivity contribution is 7.99. The molecule has 0 fully saturated rings. The Bertz CT molecular complexity index is 413. The maximum Gasteiger partial charge on any atom is 0.0434 e. The summed E-state index contributed by atoms with van der Waals surface area (Å²) >= 11 is 8.07. The normalized spacial score (nSPS) is 20.7. The molecule has 0 aliphatic carbocycles. The zero-order chi connectivity index (χ0) is 13.7. The number of aliphatic hydroxyl groups excluding tert-OH is 1. The van der Waals surface area contributed by atoms with Gasteiger partial charge in [-0.1, -0.05) is 18.5 Å². The van der Waals surface area contributed by atoms with Gasteiger partial charge in [0.2, 0.25) is 0 Å². The van der Waals surface area contributed by atoms with Gasteiger partial charge < -0.3 is 10.4 Å². The van der Waals surface area contributed by atoms with Crippen molar-refractivity contribution in [2.24, 2.45) is 5.92 Å². The second-order valence-corrected chi connectivity index (χ2v) is 6.82. The molecule has 0 aromatic heterocycles. The van der Waals surface area contributed by atoms with Crippen molar-refractivity contribution in [3.63, 3.8) is 0 Å². The average Bonchev–Trinajstić information content (AvgIpc) is 2.59. The van der Waals surface area contributed by atoms with Gasteiger partial charge in [-0.05, 0) is 61.2 Å². The molecule has 106 valence electrons. The zero-order valence-electron chi connectivity index (χ0n) is 11.4. The molecule has 0 radical (unpaired) electrons. The highest BCUT2D eigenvalue weighted by Crippen LogP contribution is 2.36. The van der Waals surface area contributed by atoms with E-state index in [1.165, 1.54) is 22.6 Å². The fourth-order valence-corrected chi connectivity index (χ4v) is 3.67. The molecule has 2 unspecified atom stereocenters. The van der Waals surface area contributed by atoms with Crippen LogP contribution in [0.1, 0.15) is 37.8 Å². The van der Waals surface area contributed by atoms with E-state index < -0.39 is 0 Å². The molecule has 1 aromatic carbocycles. The standard InChI is InChI=1S/C15H22ClNOS/c1-11(6-7-18)10-17-14-3-2-8-19-15-5-4-12(16)9-13(14)15/h4-5,9,11,14,17-18H,2-3,6-8,10H2,1H3. The van der Waals surface area contributed by atoms with Crippen molar-refractivity contribution >= 4 is 23.4 Å². The second kappa shape index (κ2) is 7.53. The maximum atomic E-state index is 8.96. The van der Waals surface area contributed by atoms with Crippen LogP contribution in [0.15, 0.2) is 23.1 Å². The van der Waals surface area contributed by atoms with E-state index in [9.17, 15) is 0 Å². The summed E-state index contributed by atoms with van der Waals surface area (Å²) in [6.07, 6.45) is 3.24. The Morgan fingerprint density at radius 3 is 3.16 bits per heavy atom. The minimum absolute atomic E-state index is 0.270. The molecule has 0 saturated carbocycles. The van der Waals surface area contributed by atoms with Crippen LogP contribution in [0.25, 0.3) is 0 Å². The Balaban J connectivity index is 2.06. The minimum Gasteiger partial charge on any atom is -0.396 e. The maximum absolute atomic E-state index is 8.96. The van der Waals surface area contributed by atoms with Crippen molar-refractivity contribution < 1.29 is 5.11 Å². The first kappa shape index (κ1) is 15.2. The van der Waals surface area contributed by atoms with Crippen molar-refractivity contribution in [3.8, 4) is 0 Å². The third-order valence-corrected chi connectivity index (χ3v) is 4.99. The van der Waals surface area contributed by atoms with E-state index in [-0.39, 0.29) is 6.61 Å². The lowest BCUT2D eigenvalue weighted by atomic mass is 10.0. The molecule has 0 spiro atoms. The highest BCUT2D eigenvalue weighted by atomic mass is 35.5. The Labute approximate surface area is 124 Å². The number of thioether (sulfide) groups is 1. The molecule has 2 atom stereocenters. The van der Waals surface area contributed by atoms with Crippen molar-refractivity contribution in [1.29, 1.82) is 0 Å². The molecule has 4 heteroatoms. The summed E-state index contributed by atoms with van der Waals surface area (Å²) in [7, 11) is 0. The Morgan fingerprint density at radius 1 is 1.53 bits per heavy atom. The van der Waals surface area contributed by atoms with E-state index >= 15 is 0 Å². The van der Waals surface area contributed by atoms with Crippen LogP contribution in [-0.4, -0.2) is 24.0 Å². The molecule has 0 bridgehead atoms. The van der Waals surface area contributed by atoms with Crippen LogP contribution < -0.4 is 5.32 Å². The van der Waals surface area contributed by atoms with Crippen LogP contribution in [0, 0.1) is 5.92 Å². The molecule has 0 saturated heterocycles. The zero-order valence-corrected chi connectivity index (χ0v) is 12.9. The van der Waals surface area contributed by atoms with E-state index in [0.717, 1.165) is 24.4 Å². The van der Waals surface area contributed by atoms with Crippen LogP contribution in [0.5, 0.6) is 0 Å². The van der Waals surface area contributed by atoms with Crippen LogP contribution >= 0.6 is 23.4 Å². The lowest BCUT2D eigenvalue weighted by Crippen LogP contribution is -2.27. The number of aliphatic hydroxyl groups is 1. The Kier molecular flexibility index (Phi) is 6.02. The van der Waals surface area contributed by atoms with Gasteiger partial charge in [0, 0.05) is 22.6 Å². The molecule has 0 amide bonds. The summed E-state index contributed by atoms with van der Waals surface area (Å²) in [5, 5.41) is 13.4. The lowest BCUT2D eigenvalue weighted by Gasteiger charge is -2.21. The average molecular weight is 300 g/mol. The van der Waals surface area contributed by atoms with E-state index in [2.05, 4.69) is 24.4 Å². The molecule has 2 N–H and O–H groups in total. The first-order valence-corrected chi connectivity index (χ1v) is 8.33. The Morgan fingerprint density at radius 2 is 2.37 bits per heavy atom. The predicted molar refractivity (Wildman–Crippen MR) is 83.0 cm³/mol. The molecular weight excluding hydrogens is 278 g/mol. The summed E-state index contributed by atoms with van der Waals surface area (Å²) in [4.78, 5) is 1.36. The SMILES string of the molecule is CC(CCO)CNC1CCCSc2ccc(Cl)cc21. The molecule has 1 aliphatic heterocycles. The van der Waals surface area contributed by atoms with Crippen molar-refractivity contribution in [2.45, 2.75) is 37.1 Å². The topological polar surface area (TPSA) is 32.3 Å². The van der Waals surface area contributed by atoms with Gasteiger partial charge in [0.05, 0.1) is 0 Å². The van der Waals surface area contributed by atoms with Crippen molar-refractivity contribution in [3.05, 3.63) is 28.8 Å². The summed E-state index contributed by atoms with van der Waals surface area (Å²) in [5.41, 5.74) is 1.34. The molecule has 2 nitrogen and oxygen atoms in total. The van der Waals surface area contributed by atoms with E-state index in [0.29, 0.717) is 12.0 Å². The van der Waals surface area contributed by atoms with Crippen molar-refractivity contribution in [2.75, 3.05) is 18.9 Å². The van der Waals surface area contributed by atoms with Gasteiger partial charge >= 0.3 is 0 Å². The summed E-state index contributed by atoms with van der Waals surface area (Å²) < 4.78 is 0. The first-order valence-electron chi connectivity index (χ1n) is 6.97. The van der Waals surface area contributed by atoms with E-state index in [1.54, 1.807) is 0 Å². The summed E-state index contributed by atoms with van der Waals surface area (Å²) in [6.45, 7) is 3.39. The Hall–Kier alpha value is -0.220. The van der Waals surface area contributed by atoms with Gasteiger partial charge in [0.1, 0.15) is 0 Å². The van der Waals surface area contributed by atoms with Crippen molar-refractivity contribution in [1.82, 2.24) is 5.32 Å². The van der Waals surface area contributed by atoms with E-state index in [1.807, 2.05) is 17.8 Å². The lowest BCUT2D eigenvalue weighted by molar-refractivity contribution is 0.257. The summed E-state index contributed by atoms with van der Waals surface area (Å²) in [5.74, 6) is 1.68.